The van der Waals surface area contributed by atoms with Crippen LogP contribution in [0, 0.1) is 17.3 Å². The Bertz CT molecular complexity index is 221. The van der Waals surface area contributed by atoms with E-state index >= 15 is 0 Å². The van der Waals surface area contributed by atoms with Crippen LogP contribution in [-0.4, -0.2) is 11.7 Å². The van der Waals surface area contributed by atoms with Crippen molar-refractivity contribution in [1.82, 2.24) is 0 Å². The molecular formula is C12H20O. The van der Waals surface area contributed by atoms with Gasteiger partial charge < -0.3 is 5.11 Å². The smallest absolute Gasteiger partial charge is 0.0496 e. The topological polar surface area (TPSA) is 20.2 Å². The van der Waals surface area contributed by atoms with E-state index in [9.17, 15) is 5.11 Å². The second kappa shape index (κ2) is 3.13. The Balaban J connectivity index is 2.21. The van der Waals surface area contributed by atoms with Crippen LogP contribution in [0.5, 0.6) is 0 Å². The van der Waals surface area contributed by atoms with Gasteiger partial charge in [-0.15, -0.1) is 0 Å². The molecule has 74 valence electrons. The fraction of sp³-hybridized carbons (Fsp3) is 0.833. The Morgan fingerprint density at radius 2 is 2.31 bits per heavy atom. The van der Waals surface area contributed by atoms with Crippen molar-refractivity contribution in [2.75, 3.05) is 6.61 Å². The molecule has 13 heavy (non-hydrogen) atoms. The summed E-state index contributed by atoms with van der Waals surface area (Å²) in [4.78, 5) is 0. The standard InChI is InChI=1S/C12H20O/c1-9-10(8-13)7-11-5-3-4-6-12(9,11)2/h10-11,13H,1,3-8H2,2H3. The average molecular weight is 180 g/mol. The quantitative estimate of drug-likeness (QED) is 0.615. The fourth-order valence-corrected chi connectivity index (χ4v) is 3.34. The molecule has 0 aromatic heterocycles. The average Bonchev–Trinajstić information content (AvgIpc) is 2.40. The first-order chi connectivity index (χ1) is 6.18. The third-order valence-electron chi connectivity index (χ3n) is 4.42. The lowest BCUT2D eigenvalue weighted by Crippen LogP contribution is -2.26. The number of hydrogen-bond acceptors (Lipinski definition) is 1. The van der Waals surface area contributed by atoms with Gasteiger partial charge in [0.25, 0.3) is 0 Å². The maximum Gasteiger partial charge on any atom is 0.0496 e. The largest absolute Gasteiger partial charge is 0.396 e. The van der Waals surface area contributed by atoms with Gasteiger partial charge in [-0.2, -0.15) is 0 Å². The Morgan fingerprint density at radius 1 is 1.54 bits per heavy atom. The third kappa shape index (κ3) is 1.25. The van der Waals surface area contributed by atoms with Crippen molar-refractivity contribution in [3.05, 3.63) is 12.2 Å². The van der Waals surface area contributed by atoms with Gasteiger partial charge in [-0.25, -0.2) is 0 Å². The summed E-state index contributed by atoms with van der Waals surface area (Å²) < 4.78 is 0. The minimum absolute atomic E-state index is 0.310. The summed E-state index contributed by atoms with van der Waals surface area (Å²) in [6.07, 6.45) is 6.57. The molecule has 2 saturated carbocycles. The minimum Gasteiger partial charge on any atom is -0.396 e. The molecule has 1 N–H and O–H groups in total. The van der Waals surface area contributed by atoms with Crippen molar-refractivity contribution in [1.29, 1.82) is 0 Å². The zero-order valence-electron chi connectivity index (χ0n) is 8.55. The van der Waals surface area contributed by atoms with Crippen LogP contribution >= 0.6 is 0 Å². The number of aliphatic hydroxyl groups excluding tert-OH is 1. The van der Waals surface area contributed by atoms with E-state index in [-0.39, 0.29) is 0 Å². The van der Waals surface area contributed by atoms with Crippen LogP contribution in [0.3, 0.4) is 0 Å². The van der Waals surface area contributed by atoms with E-state index in [0.29, 0.717) is 17.9 Å². The van der Waals surface area contributed by atoms with Crippen molar-refractivity contribution in [3.63, 3.8) is 0 Å². The van der Waals surface area contributed by atoms with Gasteiger partial charge >= 0.3 is 0 Å². The summed E-state index contributed by atoms with van der Waals surface area (Å²) in [5, 5.41) is 9.24. The van der Waals surface area contributed by atoms with E-state index < -0.39 is 0 Å². The summed E-state index contributed by atoms with van der Waals surface area (Å²) in [6, 6.07) is 0. The summed E-state index contributed by atoms with van der Waals surface area (Å²) in [7, 11) is 0. The minimum atomic E-state index is 0.310. The number of fused-ring (bicyclic) bond motifs is 1. The Hall–Kier alpha value is -0.300. The van der Waals surface area contributed by atoms with Crippen LogP contribution in [0.1, 0.15) is 39.0 Å². The summed E-state index contributed by atoms with van der Waals surface area (Å²) in [5.41, 5.74) is 1.70. The zero-order chi connectivity index (χ0) is 9.47. The molecule has 3 unspecified atom stereocenters. The molecule has 0 aliphatic heterocycles. The Kier molecular flexibility index (Phi) is 2.23. The van der Waals surface area contributed by atoms with Crippen molar-refractivity contribution < 1.29 is 5.11 Å². The highest BCUT2D eigenvalue weighted by atomic mass is 16.3. The van der Waals surface area contributed by atoms with E-state index in [4.69, 9.17) is 0 Å². The molecule has 2 fully saturated rings. The normalized spacial score (nSPS) is 44.9. The van der Waals surface area contributed by atoms with Gasteiger partial charge in [0, 0.05) is 12.5 Å². The molecule has 0 aromatic rings. The first-order valence-electron chi connectivity index (χ1n) is 5.48. The van der Waals surface area contributed by atoms with Crippen molar-refractivity contribution in [3.8, 4) is 0 Å². The highest BCUT2D eigenvalue weighted by Crippen LogP contribution is 2.56. The number of aliphatic hydroxyl groups is 1. The van der Waals surface area contributed by atoms with Gasteiger partial charge in [-0.1, -0.05) is 31.9 Å². The van der Waals surface area contributed by atoms with Crippen LogP contribution < -0.4 is 0 Å². The molecule has 0 heterocycles. The summed E-state index contributed by atoms with van der Waals surface area (Å²) >= 11 is 0. The molecule has 0 saturated heterocycles. The van der Waals surface area contributed by atoms with E-state index in [1.54, 1.807) is 0 Å². The first-order valence-corrected chi connectivity index (χ1v) is 5.48. The molecule has 2 aliphatic carbocycles. The van der Waals surface area contributed by atoms with Crippen molar-refractivity contribution >= 4 is 0 Å². The fourth-order valence-electron chi connectivity index (χ4n) is 3.34. The second-order valence-electron chi connectivity index (χ2n) is 5.00. The van der Waals surface area contributed by atoms with Gasteiger partial charge in [0.1, 0.15) is 0 Å². The molecule has 0 aromatic carbocycles. The maximum atomic E-state index is 9.24. The van der Waals surface area contributed by atoms with E-state index in [2.05, 4.69) is 13.5 Å². The van der Waals surface area contributed by atoms with Gasteiger partial charge in [0.05, 0.1) is 0 Å². The van der Waals surface area contributed by atoms with Crippen LogP contribution in [-0.2, 0) is 0 Å². The number of hydrogen-bond donors (Lipinski definition) is 1. The summed E-state index contributed by atoms with van der Waals surface area (Å²) in [5.74, 6) is 1.21. The Labute approximate surface area is 80.8 Å². The molecule has 3 atom stereocenters. The van der Waals surface area contributed by atoms with Gasteiger partial charge in [-0.3, -0.25) is 0 Å². The second-order valence-corrected chi connectivity index (χ2v) is 5.00. The summed E-state index contributed by atoms with van der Waals surface area (Å²) in [6.45, 7) is 6.87. The predicted octanol–water partition coefficient (Wildman–Crippen LogP) is 2.75. The van der Waals surface area contributed by atoms with Gasteiger partial charge in [0.2, 0.25) is 0 Å². The molecule has 1 nitrogen and oxygen atoms in total. The predicted molar refractivity (Wildman–Crippen MR) is 54.4 cm³/mol. The Morgan fingerprint density at radius 3 is 2.92 bits per heavy atom. The van der Waals surface area contributed by atoms with Crippen LogP contribution in [0.4, 0.5) is 0 Å². The lowest BCUT2D eigenvalue weighted by molar-refractivity contribution is 0.187. The molecule has 2 aliphatic rings. The third-order valence-corrected chi connectivity index (χ3v) is 4.42. The van der Waals surface area contributed by atoms with E-state index in [0.717, 1.165) is 5.92 Å². The molecule has 0 bridgehead atoms. The van der Waals surface area contributed by atoms with Crippen molar-refractivity contribution in [2.45, 2.75) is 39.0 Å². The van der Waals surface area contributed by atoms with Gasteiger partial charge in [-0.05, 0) is 30.6 Å². The highest BCUT2D eigenvalue weighted by molar-refractivity contribution is 5.21. The van der Waals surface area contributed by atoms with Crippen LogP contribution in [0.15, 0.2) is 12.2 Å². The van der Waals surface area contributed by atoms with Crippen LogP contribution in [0.25, 0.3) is 0 Å². The highest BCUT2D eigenvalue weighted by Gasteiger charge is 2.47. The van der Waals surface area contributed by atoms with Gasteiger partial charge in [0.15, 0.2) is 0 Å². The monoisotopic (exact) mass is 180 g/mol. The van der Waals surface area contributed by atoms with E-state index in [1.165, 1.54) is 37.7 Å². The molecule has 0 amide bonds. The molecular weight excluding hydrogens is 160 g/mol. The van der Waals surface area contributed by atoms with Crippen molar-refractivity contribution in [2.24, 2.45) is 17.3 Å². The SMILES string of the molecule is C=C1C(CO)CC2CCCCC12C. The van der Waals surface area contributed by atoms with Crippen LogP contribution in [0.2, 0.25) is 0 Å². The first kappa shape index (κ1) is 9.26. The van der Waals surface area contributed by atoms with E-state index in [1.807, 2.05) is 0 Å². The molecule has 1 heteroatoms. The zero-order valence-corrected chi connectivity index (χ0v) is 8.55. The molecule has 0 spiro atoms. The lowest BCUT2D eigenvalue weighted by Gasteiger charge is -2.37. The molecule has 2 rings (SSSR count). The molecule has 0 radical (unpaired) electrons. The number of rotatable bonds is 1. The maximum absolute atomic E-state index is 9.24. The lowest BCUT2D eigenvalue weighted by atomic mass is 9.68.